The van der Waals surface area contributed by atoms with Crippen LogP contribution >= 0.6 is 11.6 Å². The number of aliphatic carboxylic acids is 1. The van der Waals surface area contributed by atoms with E-state index in [1.807, 2.05) is 0 Å². The molecule has 0 aromatic heterocycles. The molecule has 0 unspecified atom stereocenters. The van der Waals surface area contributed by atoms with Gasteiger partial charge in [0.05, 0.1) is 24.9 Å². The molecule has 0 atom stereocenters. The van der Waals surface area contributed by atoms with Crippen LogP contribution in [0.2, 0.25) is 5.02 Å². The smallest absolute Gasteiger partial charge is 0.328 e. The molecule has 0 radical (unpaired) electrons. The Morgan fingerprint density at radius 1 is 1.13 bits per heavy atom. The summed E-state index contributed by atoms with van der Waals surface area (Å²) in [7, 11) is -1.59. The highest BCUT2D eigenvalue weighted by Gasteiger charge is 2.26. The fourth-order valence-electron chi connectivity index (χ4n) is 2.76. The van der Waals surface area contributed by atoms with Gasteiger partial charge in [-0.1, -0.05) is 11.6 Å². The summed E-state index contributed by atoms with van der Waals surface area (Å²) in [6.07, 6.45) is 2.11. The predicted octanol–water partition coefficient (Wildman–Crippen LogP) is 3.03. The first-order valence-corrected chi connectivity index (χ1v) is 10.4. The van der Waals surface area contributed by atoms with E-state index in [1.54, 1.807) is 0 Å². The van der Waals surface area contributed by atoms with Crippen LogP contribution < -0.4 is 23.7 Å². The number of anilines is 1. The number of hydrogen-bond donors (Lipinski definition) is 2. The third kappa shape index (κ3) is 4.55. The normalized spacial score (nSPS) is 13.2. The largest absolute Gasteiger partial charge is 0.493 e. The molecule has 0 saturated carbocycles. The van der Waals surface area contributed by atoms with Crippen molar-refractivity contribution in [2.24, 2.45) is 0 Å². The number of benzene rings is 2. The standard InChI is InChI=1S/C19H18ClNO8S/c1-26-16-7-11(3-4-18(22)23)8-17(19(16)27-2)30(24,25)21-13-10-15-14(9-12(13)20)28-5-6-29-15/h3-4,7-10,21H,5-6H2,1-2H3,(H,22,23)/b4-3+. The molecule has 160 valence electrons. The Hall–Kier alpha value is -3.11. The first kappa shape index (κ1) is 21.6. The lowest BCUT2D eigenvalue weighted by molar-refractivity contribution is -0.131. The number of sulfonamides is 1. The first-order valence-electron chi connectivity index (χ1n) is 8.54. The summed E-state index contributed by atoms with van der Waals surface area (Å²) in [6.45, 7) is 0.686. The van der Waals surface area contributed by atoms with Crippen molar-refractivity contribution >= 4 is 39.4 Å². The van der Waals surface area contributed by atoms with Crippen molar-refractivity contribution in [3.8, 4) is 23.0 Å². The Labute approximate surface area is 177 Å². The molecule has 0 saturated heterocycles. The Balaban J connectivity index is 2.07. The van der Waals surface area contributed by atoms with E-state index in [2.05, 4.69) is 4.72 Å². The highest BCUT2D eigenvalue weighted by molar-refractivity contribution is 7.92. The molecule has 30 heavy (non-hydrogen) atoms. The summed E-state index contributed by atoms with van der Waals surface area (Å²) in [4.78, 5) is 10.6. The lowest BCUT2D eigenvalue weighted by atomic mass is 10.2. The van der Waals surface area contributed by atoms with Gasteiger partial charge in [-0.05, 0) is 23.8 Å². The number of carbonyl (C=O) groups is 1. The average Bonchev–Trinajstić information content (AvgIpc) is 2.71. The second kappa shape index (κ2) is 8.72. The van der Waals surface area contributed by atoms with Gasteiger partial charge in [-0.15, -0.1) is 0 Å². The third-order valence-electron chi connectivity index (χ3n) is 4.05. The number of methoxy groups -OCH3 is 2. The SMILES string of the molecule is COc1cc(/C=C/C(=O)O)cc(S(=O)(=O)Nc2cc3c(cc2Cl)OCCO3)c1OC. The number of nitrogens with one attached hydrogen (secondary N) is 1. The van der Waals surface area contributed by atoms with Crippen LogP contribution in [-0.2, 0) is 14.8 Å². The fourth-order valence-corrected chi connectivity index (χ4v) is 4.30. The zero-order chi connectivity index (χ0) is 21.9. The maximum atomic E-state index is 13.1. The molecule has 0 spiro atoms. The molecular weight excluding hydrogens is 438 g/mol. The minimum absolute atomic E-state index is 0.0499. The molecule has 2 aromatic rings. The van der Waals surface area contributed by atoms with Crippen molar-refractivity contribution < 1.29 is 37.3 Å². The number of halogens is 1. The maximum absolute atomic E-state index is 13.1. The van der Waals surface area contributed by atoms with Gasteiger partial charge in [-0.2, -0.15) is 0 Å². The van der Waals surface area contributed by atoms with E-state index in [1.165, 1.54) is 44.6 Å². The monoisotopic (exact) mass is 455 g/mol. The van der Waals surface area contributed by atoms with Gasteiger partial charge in [0.15, 0.2) is 23.0 Å². The summed E-state index contributed by atoms with van der Waals surface area (Å²) < 4.78 is 50.0. The highest BCUT2D eigenvalue weighted by Crippen LogP contribution is 2.41. The Bertz CT molecular complexity index is 1110. The van der Waals surface area contributed by atoms with Gasteiger partial charge in [-0.25, -0.2) is 13.2 Å². The molecule has 1 aliphatic heterocycles. The van der Waals surface area contributed by atoms with Gasteiger partial charge < -0.3 is 24.1 Å². The number of carboxylic acids is 1. The molecule has 3 rings (SSSR count). The zero-order valence-corrected chi connectivity index (χ0v) is 17.5. The zero-order valence-electron chi connectivity index (χ0n) is 16.0. The van der Waals surface area contributed by atoms with Crippen LogP contribution in [0.15, 0.2) is 35.2 Å². The summed E-state index contributed by atoms with van der Waals surface area (Å²) >= 11 is 6.21. The lowest BCUT2D eigenvalue weighted by Crippen LogP contribution is -2.17. The third-order valence-corrected chi connectivity index (χ3v) is 5.73. The molecule has 0 amide bonds. The maximum Gasteiger partial charge on any atom is 0.328 e. The molecule has 0 aliphatic carbocycles. The summed E-state index contributed by atoms with van der Waals surface area (Å²) in [5.74, 6) is -0.361. The van der Waals surface area contributed by atoms with Crippen molar-refractivity contribution in [3.63, 3.8) is 0 Å². The van der Waals surface area contributed by atoms with Crippen molar-refractivity contribution in [1.82, 2.24) is 0 Å². The van der Waals surface area contributed by atoms with E-state index < -0.39 is 16.0 Å². The molecular formula is C19H18ClNO8S. The molecule has 0 bridgehead atoms. The predicted molar refractivity (Wildman–Crippen MR) is 109 cm³/mol. The van der Waals surface area contributed by atoms with E-state index in [4.69, 9.17) is 35.7 Å². The van der Waals surface area contributed by atoms with Crippen LogP contribution in [0.3, 0.4) is 0 Å². The van der Waals surface area contributed by atoms with Crippen molar-refractivity contribution in [3.05, 3.63) is 40.9 Å². The second-order valence-electron chi connectivity index (χ2n) is 6.01. The van der Waals surface area contributed by atoms with Gasteiger partial charge in [0.2, 0.25) is 0 Å². The lowest BCUT2D eigenvalue weighted by Gasteiger charge is -2.20. The van der Waals surface area contributed by atoms with Gasteiger partial charge in [0.1, 0.15) is 18.1 Å². The Kier molecular flexibility index (Phi) is 6.28. The van der Waals surface area contributed by atoms with E-state index in [0.29, 0.717) is 24.7 Å². The molecule has 2 N–H and O–H groups in total. The van der Waals surface area contributed by atoms with E-state index in [9.17, 15) is 13.2 Å². The molecule has 0 fully saturated rings. The number of carboxylic acid groups (broad SMARTS) is 1. The van der Waals surface area contributed by atoms with Gasteiger partial charge >= 0.3 is 5.97 Å². The quantitative estimate of drug-likeness (QED) is 0.611. The van der Waals surface area contributed by atoms with Crippen LogP contribution in [0, 0.1) is 0 Å². The summed E-state index contributed by atoms with van der Waals surface area (Å²) in [5, 5.41) is 8.95. The van der Waals surface area contributed by atoms with Crippen LogP contribution in [0.25, 0.3) is 6.08 Å². The molecule has 1 aliphatic rings. The average molecular weight is 456 g/mol. The number of ether oxygens (including phenoxy) is 4. The minimum Gasteiger partial charge on any atom is -0.493 e. The topological polar surface area (TPSA) is 120 Å². The number of hydrogen-bond acceptors (Lipinski definition) is 7. The molecule has 2 aromatic carbocycles. The first-order chi connectivity index (χ1) is 14.2. The number of rotatable bonds is 7. The summed E-state index contributed by atoms with van der Waals surface area (Å²) in [5.41, 5.74) is 0.358. The van der Waals surface area contributed by atoms with Crippen molar-refractivity contribution in [2.75, 3.05) is 32.2 Å². The van der Waals surface area contributed by atoms with Gasteiger partial charge in [-0.3, -0.25) is 4.72 Å². The minimum atomic E-state index is -4.22. The van der Waals surface area contributed by atoms with Gasteiger partial charge in [0.25, 0.3) is 10.0 Å². The van der Waals surface area contributed by atoms with Crippen molar-refractivity contribution in [2.45, 2.75) is 4.90 Å². The molecule has 11 heteroatoms. The number of fused-ring (bicyclic) bond motifs is 1. The van der Waals surface area contributed by atoms with Crippen LogP contribution in [-0.4, -0.2) is 46.9 Å². The van der Waals surface area contributed by atoms with Crippen molar-refractivity contribution in [1.29, 1.82) is 0 Å². The summed E-state index contributed by atoms with van der Waals surface area (Å²) in [6, 6.07) is 5.59. The Morgan fingerprint density at radius 2 is 1.80 bits per heavy atom. The second-order valence-corrected chi connectivity index (χ2v) is 8.07. The Morgan fingerprint density at radius 3 is 2.40 bits per heavy atom. The highest BCUT2D eigenvalue weighted by atomic mass is 35.5. The van der Waals surface area contributed by atoms with E-state index in [0.717, 1.165) is 6.08 Å². The fraction of sp³-hybridized carbons (Fsp3) is 0.211. The van der Waals surface area contributed by atoms with Crippen LogP contribution in [0.5, 0.6) is 23.0 Å². The van der Waals surface area contributed by atoms with Gasteiger partial charge in [0, 0.05) is 18.2 Å². The molecule has 1 heterocycles. The van der Waals surface area contributed by atoms with Crippen LogP contribution in [0.1, 0.15) is 5.56 Å². The van der Waals surface area contributed by atoms with E-state index >= 15 is 0 Å². The molecule has 9 nitrogen and oxygen atoms in total. The van der Waals surface area contributed by atoms with Crippen LogP contribution in [0.4, 0.5) is 5.69 Å². The van der Waals surface area contributed by atoms with E-state index in [-0.39, 0.29) is 32.7 Å².